The molecule has 1 heterocycles. The molecule has 0 radical (unpaired) electrons. The van der Waals surface area contributed by atoms with Gasteiger partial charge in [-0.05, 0) is 29.5 Å². The first kappa shape index (κ1) is 13.8. The molecule has 1 aromatic heterocycles. The van der Waals surface area contributed by atoms with Crippen LogP contribution >= 0.6 is 34.9 Å². The van der Waals surface area contributed by atoms with Gasteiger partial charge in [0.1, 0.15) is 5.82 Å². The molecule has 0 aliphatic rings. The van der Waals surface area contributed by atoms with E-state index in [1.54, 1.807) is 34.9 Å². The van der Waals surface area contributed by atoms with E-state index in [1.165, 1.54) is 12.1 Å². The zero-order valence-corrected chi connectivity index (χ0v) is 12.2. The maximum absolute atomic E-state index is 13.3. The lowest BCUT2D eigenvalue weighted by Crippen LogP contribution is -1.98. The number of benzene rings is 1. The molecule has 2 aromatic rings. The van der Waals surface area contributed by atoms with Crippen molar-refractivity contribution in [2.45, 2.75) is 21.0 Å². The Morgan fingerprint density at radius 3 is 2.61 bits per heavy atom. The predicted molar refractivity (Wildman–Crippen MR) is 75.5 cm³/mol. The molecule has 7 heteroatoms. The Hall–Kier alpha value is -0.630. The highest BCUT2D eigenvalue weighted by atomic mass is 32.2. The summed E-state index contributed by atoms with van der Waals surface area (Å²) < 4.78 is 15.2. The molecular formula is C11H12FN3S3. The van der Waals surface area contributed by atoms with Gasteiger partial charge in [0.15, 0.2) is 8.68 Å². The van der Waals surface area contributed by atoms with Crippen molar-refractivity contribution < 1.29 is 4.39 Å². The Labute approximate surface area is 117 Å². The van der Waals surface area contributed by atoms with Crippen molar-refractivity contribution >= 4 is 34.9 Å². The number of rotatable bonds is 5. The minimum absolute atomic E-state index is 0.240. The monoisotopic (exact) mass is 301 g/mol. The summed E-state index contributed by atoms with van der Waals surface area (Å²) in [5.41, 5.74) is 7.25. The molecular weight excluding hydrogens is 289 g/mol. The lowest BCUT2D eigenvalue weighted by atomic mass is 10.1. The first-order valence-electron chi connectivity index (χ1n) is 5.20. The summed E-state index contributed by atoms with van der Waals surface area (Å²) in [6, 6.07) is 4.92. The first-order chi connectivity index (χ1) is 8.71. The van der Waals surface area contributed by atoms with Crippen molar-refractivity contribution in [2.75, 3.05) is 6.26 Å². The second-order valence-corrected chi connectivity index (χ2v) is 6.75. The minimum Gasteiger partial charge on any atom is -0.326 e. The quantitative estimate of drug-likeness (QED) is 0.860. The summed E-state index contributed by atoms with van der Waals surface area (Å²) in [7, 11) is 0. The molecule has 0 aliphatic carbocycles. The molecule has 2 rings (SSSR count). The van der Waals surface area contributed by atoms with Gasteiger partial charge in [0.05, 0.1) is 0 Å². The van der Waals surface area contributed by atoms with E-state index in [0.29, 0.717) is 12.3 Å². The lowest BCUT2D eigenvalue weighted by Gasteiger charge is -2.03. The van der Waals surface area contributed by atoms with E-state index in [9.17, 15) is 4.39 Å². The largest absolute Gasteiger partial charge is 0.326 e. The zero-order chi connectivity index (χ0) is 13.0. The van der Waals surface area contributed by atoms with Crippen LogP contribution in [-0.4, -0.2) is 16.5 Å². The van der Waals surface area contributed by atoms with Gasteiger partial charge in [-0.2, -0.15) is 0 Å². The van der Waals surface area contributed by atoms with Crippen LogP contribution < -0.4 is 5.73 Å². The molecule has 18 heavy (non-hydrogen) atoms. The van der Waals surface area contributed by atoms with Crippen LogP contribution in [0.2, 0.25) is 0 Å². The topological polar surface area (TPSA) is 51.8 Å². The second-order valence-electron chi connectivity index (χ2n) is 3.50. The Balaban J connectivity index is 2.03. The third-order valence-electron chi connectivity index (χ3n) is 2.18. The highest BCUT2D eigenvalue weighted by molar-refractivity contribution is 8.02. The highest BCUT2D eigenvalue weighted by Gasteiger charge is 2.05. The lowest BCUT2D eigenvalue weighted by molar-refractivity contribution is 0.624. The smallest absolute Gasteiger partial charge is 0.175 e. The molecule has 0 aliphatic heterocycles. The van der Waals surface area contributed by atoms with Crippen LogP contribution in [0.3, 0.4) is 0 Å². The second kappa shape index (κ2) is 6.51. The molecule has 0 fully saturated rings. The predicted octanol–water partition coefficient (Wildman–Crippen LogP) is 3.15. The average molecular weight is 301 g/mol. The number of nitrogens with zero attached hydrogens (tertiary/aromatic N) is 2. The molecule has 2 N–H and O–H groups in total. The van der Waals surface area contributed by atoms with Crippen LogP contribution in [0.15, 0.2) is 26.9 Å². The van der Waals surface area contributed by atoms with Gasteiger partial charge in [0.2, 0.25) is 0 Å². The maximum atomic E-state index is 13.3. The Morgan fingerprint density at radius 1 is 1.22 bits per heavy atom. The molecule has 3 nitrogen and oxygen atoms in total. The van der Waals surface area contributed by atoms with Crippen LogP contribution in [0.5, 0.6) is 0 Å². The van der Waals surface area contributed by atoms with Crippen LogP contribution in [-0.2, 0) is 12.3 Å². The van der Waals surface area contributed by atoms with E-state index < -0.39 is 0 Å². The van der Waals surface area contributed by atoms with Gasteiger partial charge in [0, 0.05) is 12.3 Å². The van der Waals surface area contributed by atoms with E-state index in [4.69, 9.17) is 5.73 Å². The standard InChI is InChI=1S/C11H12FN3S3/c1-16-10-14-15-11(18-10)17-6-8-2-7(5-13)3-9(12)4-8/h2-4H,5-6,13H2,1H3. The highest BCUT2D eigenvalue weighted by Crippen LogP contribution is 2.29. The molecule has 0 amide bonds. The molecule has 0 unspecified atom stereocenters. The maximum Gasteiger partial charge on any atom is 0.175 e. The fourth-order valence-corrected chi connectivity index (χ4v) is 3.77. The number of halogens is 1. The van der Waals surface area contributed by atoms with Gasteiger partial charge in [-0.15, -0.1) is 10.2 Å². The van der Waals surface area contributed by atoms with E-state index >= 15 is 0 Å². The summed E-state index contributed by atoms with van der Waals surface area (Å²) in [5.74, 6) is 0.434. The fraction of sp³-hybridized carbons (Fsp3) is 0.273. The molecule has 0 saturated heterocycles. The summed E-state index contributed by atoms with van der Waals surface area (Å²) in [5, 5.41) is 8.07. The summed E-state index contributed by atoms with van der Waals surface area (Å²) >= 11 is 4.69. The third-order valence-corrected chi connectivity index (χ3v) is 5.28. The van der Waals surface area contributed by atoms with Gasteiger partial charge in [0.25, 0.3) is 0 Å². The molecule has 1 aromatic carbocycles. The Morgan fingerprint density at radius 2 is 1.94 bits per heavy atom. The molecule has 0 saturated carbocycles. The van der Waals surface area contributed by atoms with E-state index in [0.717, 1.165) is 19.8 Å². The molecule has 0 atom stereocenters. The summed E-state index contributed by atoms with van der Waals surface area (Å²) in [6.07, 6.45) is 1.97. The van der Waals surface area contributed by atoms with Gasteiger partial charge >= 0.3 is 0 Å². The van der Waals surface area contributed by atoms with Gasteiger partial charge in [-0.1, -0.05) is 40.9 Å². The number of hydrogen-bond acceptors (Lipinski definition) is 6. The van der Waals surface area contributed by atoms with E-state index in [2.05, 4.69) is 10.2 Å². The number of hydrogen-bond donors (Lipinski definition) is 1. The Kier molecular flexibility index (Phi) is 4.99. The summed E-state index contributed by atoms with van der Waals surface area (Å²) in [4.78, 5) is 0. The SMILES string of the molecule is CSc1nnc(SCc2cc(F)cc(CN)c2)s1. The van der Waals surface area contributed by atoms with Crippen LogP contribution in [0.1, 0.15) is 11.1 Å². The number of nitrogens with two attached hydrogens (primary N) is 1. The van der Waals surface area contributed by atoms with Crippen LogP contribution in [0, 0.1) is 5.82 Å². The van der Waals surface area contributed by atoms with Gasteiger partial charge < -0.3 is 5.73 Å². The van der Waals surface area contributed by atoms with Crippen molar-refractivity contribution in [3.63, 3.8) is 0 Å². The van der Waals surface area contributed by atoms with Crippen molar-refractivity contribution in [2.24, 2.45) is 5.73 Å². The zero-order valence-electron chi connectivity index (χ0n) is 9.72. The first-order valence-corrected chi connectivity index (χ1v) is 8.22. The number of thioether (sulfide) groups is 2. The van der Waals surface area contributed by atoms with Crippen molar-refractivity contribution in [1.29, 1.82) is 0 Å². The Bertz CT molecular complexity index is 530. The normalized spacial score (nSPS) is 10.8. The third kappa shape index (κ3) is 3.68. The average Bonchev–Trinajstić information content (AvgIpc) is 2.83. The van der Waals surface area contributed by atoms with E-state index in [-0.39, 0.29) is 5.82 Å². The van der Waals surface area contributed by atoms with Crippen molar-refractivity contribution in [1.82, 2.24) is 10.2 Å². The molecule has 0 spiro atoms. The van der Waals surface area contributed by atoms with Crippen molar-refractivity contribution in [3.05, 3.63) is 35.1 Å². The number of aromatic nitrogens is 2. The van der Waals surface area contributed by atoms with E-state index in [1.807, 2.05) is 12.3 Å². The van der Waals surface area contributed by atoms with Gasteiger partial charge in [-0.25, -0.2) is 4.39 Å². The minimum atomic E-state index is -0.240. The van der Waals surface area contributed by atoms with Crippen LogP contribution in [0.4, 0.5) is 4.39 Å². The summed E-state index contributed by atoms with van der Waals surface area (Å²) in [6.45, 7) is 0.352. The molecule has 0 bridgehead atoms. The van der Waals surface area contributed by atoms with Crippen LogP contribution in [0.25, 0.3) is 0 Å². The van der Waals surface area contributed by atoms with Crippen molar-refractivity contribution in [3.8, 4) is 0 Å². The molecule has 96 valence electrons. The fourth-order valence-electron chi connectivity index (χ4n) is 1.40. The van der Waals surface area contributed by atoms with Gasteiger partial charge in [-0.3, -0.25) is 0 Å².